The highest BCUT2D eigenvalue weighted by Gasteiger charge is 2.17. The number of anilines is 2. The molecule has 5 heteroatoms. The molecule has 2 rings (SSSR count). The van der Waals surface area contributed by atoms with Gasteiger partial charge in [-0.2, -0.15) is 5.26 Å². The Labute approximate surface area is 147 Å². The van der Waals surface area contributed by atoms with Gasteiger partial charge in [-0.3, -0.25) is 4.79 Å². The molecule has 2 aromatic carbocycles. The summed E-state index contributed by atoms with van der Waals surface area (Å²) in [5.74, 6) is -0.954. The topological polar surface area (TPSA) is 64.9 Å². The number of nitrogens with zero attached hydrogens (tertiary/aromatic N) is 1. The molecule has 0 fully saturated rings. The number of hydrogen-bond donors (Lipinski definition) is 2. The first kappa shape index (κ1) is 18.2. The summed E-state index contributed by atoms with van der Waals surface area (Å²) < 4.78 is 12.9. The average molecular weight is 337 g/mol. The van der Waals surface area contributed by atoms with Gasteiger partial charge in [0.15, 0.2) is 0 Å². The first-order valence-electron chi connectivity index (χ1n) is 7.84. The number of benzene rings is 2. The van der Waals surface area contributed by atoms with Crippen LogP contribution in [0.3, 0.4) is 0 Å². The van der Waals surface area contributed by atoms with Crippen LogP contribution in [0.25, 0.3) is 0 Å². The zero-order valence-corrected chi connectivity index (χ0v) is 14.4. The minimum atomic E-state index is -0.560. The second-order valence-electron chi connectivity index (χ2n) is 6.57. The molecule has 0 saturated carbocycles. The van der Waals surface area contributed by atoms with Gasteiger partial charge in [-0.1, -0.05) is 39.0 Å². The Morgan fingerprint density at radius 1 is 1.12 bits per heavy atom. The van der Waals surface area contributed by atoms with Gasteiger partial charge in [0.1, 0.15) is 17.5 Å². The van der Waals surface area contributed by atoms with E-state index in [4.69, 9.17) is 0 Å². The standard InChI is InChI=1S/C20H20FN3O/c1-20(2,3)17-6-4-5-7-18(17)23-13-14(12-22)19(25)24-16-10-8-15(21)9-11-16/h4-11,13,23H,1-3H3,(H,24,25)/b14-13-. The zero-order valence-electron chi connectivity index (χ0n) is 14.4. The summed E-state index contributed by atoms with van der Waals surface area (Å²) in [7, 11) is 0. The van der Waals surface area contributed by atoms with Gasteiger partial charge in [-0.15, -0.1) is 0 Å². The van der Waals surface area contributed by atoms with E-state index in [2.05, 4.69) is 31.4 Å². The number of carbonyl (C=O) groups excluding carboxylic acids is 1. The maximum Gasteiger partial charge on any atom is 0.267 e. The quantitative estimate of drug-likeness (QED) is 0.634. The van der Waals surface area contributed by atoms with E-state index in [1.54, 1.807) is 0 Å². The van der Waals surface area contributed by atoms with E-state index < -0.39 is 11.7 Å². The Kier molecular flexibility index (Phi) is 5.56. The van der Waals surface area contributed by atoms with Gasteiger partial charge >= 0.3 is 0 Å². The third-order valence-corrected chi connectivity index (χ3v) is 3.57. The van der Waals surface area contributed by atoms with E-state index in [-0.39, 0.29) is 11.0 Å². The third-order valence-electron chi connectivity index (χ3n) is 3.57. The van der Waals surface area contributed by atoms with Gasteiger partial charge in [-0.25, -0.2) is 4.39 Å². The fourth-order valence-corrected chi connectivity index (χ4v) is 2.29. The van der Waals surface area contributed by atoms with Crippen LogP contribution in [0.1, 0.15) is 26.3 Å². The van der Waals surface area contributed by atoms with Crippen LogP contribution in [-0.4, -0.2) is 5.91 Å². The maximum absolute atomic E-state index is 12.9. The normalized spacial score (nSPS) is 11.6. The molecule has 0 bridgehead atoms. The lowest BCUT2D eigenvalue weighted by Crippen LogP contribution is -2.16. The van der Waals surface area contributed by atoms with Gasteiger partial charge in [0.2, 0.25) is 0 Å². The van der Waals surface area contributed by atoms with Crippen molar-refractivity contribution in [3.63, 3.8) is 0 Å². The number of nitrogens with one attached hydrogen (secondary N) is 2. The first-order valence-corrected chi connectivity index (χ1v) is 7.84. The molecule has 2 aromatic rings. The molecule has 0 radical (unpaired) electrons. The van der Waals surface area contributed by atoms with Gasteiger partial charge in [0.05, 0.1) is 0 Å². The van der Waals surface area contributed by atoms with Crippen molar-refractivity contribution in [3.8, 4) is 6.07 Å². The molecule has 0 aliphatic rings. The Morgan fingerprint density at radius 3 is 2.36 bits per heavy atom. The molecule has 0 unspecified atom stereocenters. The Morgan fingerprint density at radius 2 is 1.76 bits per heavy atom. The minimum Gasteiger partial charge on any atom is -0.360 e. The highest BCUT2D eigenvalue weighted by Crippen LogP contribution is 2.29. The lowest BCUT2D eigenvalue weighted by Gasteiger charge is -2.22. The molecule has 0 aromatic heterocycles. The number of rotatable bonds is 4. The van der Waals surface area contributed by atoms with Gasteiger partial charge in [0, 0.05) is 17.6 Å². The van der Waals surface area contributed by atoms with Crippen LogP contribution >= 0.6 is 0 Å². The number of amides is 1. The van der Waals surface area contributed by atoms with Gasteiger partial charge in [0.25, 0.3) is 5.91 Å². The molecular formula is C20H20FN3O. The third kappa shape index (κ3) is 4.92. The van der Waals surface area contributed by atoms with Crippen molar-refractivity contribution in [2.24, 2.45) is 0 Å². The van der Waals surface area contributed by atoms with Crippen molar-refractivity contribution in [1.29, 1.82) is 5.26 Å². The van der Waals surface area contributed by atoms with Crippen LogP contribution in [0.2, 0.25) is 0 Å². The van der Waals surface area contributed by atoms with Crippen LogP contribution in [0.4, 0.5) is 15.8 Å². The van der Waals surface area contributed by atoms with Crippen LogP contribution in [0, 0.1) is 17.1 Å². The summed E-state index contributed by atoms with van der Waals surface area (Å²) in [5, 5.41) is 14.9. The highest BCUT2D eigenvalue weighted by molar-refractivity contribution is 6.06. The lowest BCUT2D eigenvalue weighted by atomic mass is 9.86. The first-order chi connectivity index (χ1) is 11.8. The fraction of sp³-hybridized carbons (Fsp3) is 0.200. The zero-order chi connectivity index (χ0) is 18.4. The molecule has 2 N–H and O–H groups in total. The Balaban J connectivity index is 2.17. The Bertz CT molecular complexity index is 827. The van der Waals surface area contributed by atoms with Crippen molar-refractivity contribution in [3.05, 3.63) is 71.7 Å². The van der Waals surface area contributed by atoms with Crippen molar-refractivity contribution in [2.45, 2.75) is 26.2 Å². The van der Waals surface area contributed by atoms with Crippen molar-refractivity contribution in [1.82, 2.24) is 0 Å². The fourth-order valence-electron chi connectivity index (χ4n) is 2.29. The Hall–Kier alpha value is -3.13. The SMILES string of the molecule is CC(C)(C)c1ccccc1N/C=C(/C#N)C(=O)Nc1ccc(F)cc1. The predicted molar refractivity (Wildman–Crippen MR) is 97.5 cm³/mol. The predicted octanol–water partition coefficient (Wildman–Crippen LogP) is 4.58. The van der Waals surface area contributed by atoms with Gasteiger partial charge < -0.3 is 10.6 Å². The maximum atomic E-state index is 12.9. The van der Waals surface area contributed by atoms with Crippen LogP contribution in [0.5, 0.6) is 0 Å². The van der Waals surface area contributed by atoms with E-state index in [9.17, 15) is 14.4 Å². The van der Waals surface area contributed by atoms with E-state index in [1.165, 1.54) is 30.5 Å². The second kappa shape index (κ2) is 7.63. The summed E-state index contributed by atoms with van der Waals surface area (Å²) >= 11 is 0. The summed E-state index contributed by atoms with van der Waals surface area (Å²) in [6.45, 7) is 6.26. The van der Waals surface area contributed by atoms with Crippen LogP contribution in [0.15, 0.2) is 60.3 Å². The average Bonchev–Trinajstić information content (AvgIpc) is 2.57. The summed E-state index contributed by atoms with van der Waals surface area (Å²) in [4.78, 5) is 12.2. The molecule has 0 spiro atoms. The summed E-state index contributed by atoms with van der Waals surface area (Å²) in [5.41, 5.74) is 2.16. The number of para-hydroxylation sites is 1. The van der Waals surface area contributed by atoms with Gasteiger partial charge in [-0.05, 0) is 41.3 Å². The van der Waals surface area contributed by atoms with E-state index >= 15 is 0 Å². The molecule has 0 heterocycles. The number of halogens is 1. The molecule has 1 amide bonds. The molecule has 0 aliphatic carbocycles. The number of nitriles is 1. The van der Waals surface area contributed by atoms with E-state index in [0.29, 0.717) is 5.69 Å². The minimum absolute atomic E-state index is 0.0759. The van der Waals surface area contributed by atoms with E-state index in [0.717, 1.165) is 11.3 Å². The largest absolute Gasteiger partial charge is 0.360 e. The van der Waals surface area contributed by atoms with E-state index in [1.807, 2.05) is 30.3 Å². The summed E-state index contributed by atoms with van der Waals surface area (Å²) in [6.07, 6.45) is 1.38. The van der Waals surface area contributed by atoms with Crippen LogP contribution in [-0.2, 0) is 10.2 Å². The molecule has 25 heavy (non-hydrogen) atoms. The number of carbonyl (C=O) groups is 1. The highest BCUT2D eigenvalue weighted by atomic mass is 19.1. The second-order valence-corrected chi connectivity index (χ2v) is 6.57. The van der Waals surface area contributed by atoms with Crippen molar-refractivity contribution >= 4 is 17.3 Å². The van der Waals surface area contributed by atoms with Crippen molar-refractivity contribution < 1.29 is 9.18 Å². The monoisotopic (exact) mass is 337 g/mol. The molecule has 0 aliphatic heterocycles. The van der Waals surface area contributed by atoms with Crippen molar-refractivity contribution in [2.75, 3.05) is 10.6 Å². The number of hydrogen-bond acceptors (Lipinski definition) is 3. The van der Waals surface area contributed by atoms with Crippen LogP contribution < -0.4 is 10.6 Å². The smallest absolute Gasteiger partial charge is 0.267 e. The molecular weight excluding hydrogens is 317 g/mol. The summed E-state index contributed by atoms with van der Waals surface area (Å²) in [6, 6.07) is 14.9. The molecule has 128 valence electrons. The molecule has 0 saturated heterocycles. The molecule has 0 atom stereocenters. The lowest BCUT2D eigenvalue weighted by molar-refractivity contribution is -0.112. The molecule has 4 nitrogen and oxygen atoms in total.